The van der Waals surface area contributed by atoms with E-state index in [0.717, 1.165) is 0 Å². The Hall–Kier alpha value is -2.95. The number of aldehydes is 1. The number of hydrogen-bond acceptors (Lipinski definition) is 3. The van der Waals surface area contributed by atoms with Crippen LogP contribution in [-0.4, -0.2) is 18.1 Å². The van der Waals surface area contributed by atoms with Gasteiger partial charge in [0, 0.05) is 22.5 Å². The Balaban J connectivity index is 2.00. The van der Waals surface area contributed by atoms with Crippen molar-refractivity contribution in [2.75, 3.05) is 10.6 Å². The topological polar surface area (TPSA) is 75.3 Å². The van der Waals surface area contributed by atoms with Gasteiger partial charge in [-0.2, -0.15) is 0 Å². The average molecular weight is 282 g/mol. The second-order valence-electron chi connectivity index (χ2n) is 4.46. The maximum Gasteiger partial charge on any atom is 0.323 e. The molecule has 0 fully saturated rings. The van der Waals surface area contributed by atoms with E-state index in [0.29, 0.717) is 28.8 Å². The monoisotopic (exact) mass is 282 g/mol. The molecule has 0 aliphatic rings. The molecule has 106 valence electrons. The Labute approximate surface area is 122 Å². The van der Waals surface area contributed by atoms with Gasteiger partial charge in [0.05, 0.1) is 0 Å². The molecular formula is C16H14N2O3. The van der Waals surface area contributed by atoms with Crippen molar-refractivity contribution in [1.82, 2.24) is 0 Å². The first kappa shape index (κ1) is 14.5. The lowest BCUT2D eigenvalue weighted by atomic mass is 10.1. The summed E-state index contributed by atoms with van der Waals surface area (Å²) in [5.74, 6) is -0.0309. The highest BCUT2D eigenvalue weighted by atomic mass is 16.2. The molecule has 5 heteroatoms. The zero-order chi connectivity index (χ0) is 15.2. The third-order valence-corrected chi connectivity index (χ3v) is 2.83. The van der Waals surface area contributed by atoms with Crippen LogP contribution in [0.4, 0.5) is 16.2 Å². The van der Waals surface area contributed by atoms with Gasteiger partial charge in [0.2, 0.25) is 0 Å². The molecular weight excluding hydrogens is 268 g/mol. The molecule has 0 atom stereocenters. The second kappa shape index (κ2) is 6.47. The van der Waals surface area contributed by atoms with Crippen molar-refractivity contribution >= 4 is 29.5 Å². The van der Waals surface area contributed by atoms with Crippen molar-refractivity contribution in [2.45, 2.75) is 6.92 Å². The van der Waals surface area contributed by atoms with E-state index in [9.17, 15) is 14.4 Å². The number of rotatable bonds is 4. The normalized spacial score (nSPS) is 9.76. The van der Waals surface area contributed by atoms with Crippen LogP contribution in [0.15, 0.2) is 48.5 Å². The van der Waals surface area contributed by atoms with E-state index in [1.54, 1.807) is 48.5 Å². The van der Waals surface area contributed by atoms with Crippen molar-refractivity contribution in [2.24, 2.45) is 0 Å². The molecule has 0 aromatic heterocycles. The van der Waals surface area contributed by atoms with Crippen LogP contribution in [0.5, 0.6) is 0 Å². The van der Waals surface area contributed by atoms with Gasteiger partial charge in [-0.3, -0.25) is 9.59 Å². The smallest absolute Gasteiger partial charge is 0.308 e. The number of benzene rings is 2. The first-order valence-corrected chi connectivity index (χ1v) is 6.33. The third kappa shape index (κ3) is 4.01. The number of carbonyl (C=O) groups excluding carboxylic acids is 3. The van der Waals surface area contributed by atoms with Gasteiger partial charge in [-0.1, -0.05) is 12.1 Å². The van der Waals surface area contributed by atoms with Gasteiger partial charge in [-0.05, 0) is 43.3 Å². The zero-order valence-electron chi connectivity index (χ0n) is 11.4. The minimum absolute atomic E-state index is 0.0309. The number of nitrogens with one attached hydrogen (secondary N) is 2. The fraction of sp³-hybridized carbons (Fsp3) is 0.0625. The highest BCUT2D eigenvalue weighted by Crippen LogP contribution is 2.12. The van der Waals surface area contributed by atoms with Gasteiger partial charge < -0.3 is 10.6 Å². The molecule has 0 bridgehead atoms. The molecule has 0 unspecified atom stereocenters. The summed E-state index contributed by atoms with van der Waals surface area (Å²) in [6.07, 6.45) is 0.712. The molecule has 5 nitrogen and oxygen atoms in total. The first-order valence-electron chi connectivity index (χ1n) is 6.33. The average Bonchev–Trinajstić information content (AvgIpc) is 2.47. The summed E-state index contributed by atoms with van der Waals surface area (Å²) in [5, 5.41) is 5.27. The third-order valence-electron chi connectivity index (χ3n) is 2.83. The van der Waals surface area contributed by atoms with Gasteiger partial charge in [-0.15, -0.1) is 0 Å². The Bertz CT molecular complexity index is 678. The summed E-state index contributed by atoms with van der Waals surface area (Å²) in [4.78, 5) is 33.6. The molecule has 2 aromatic carbocycles. The van der Waals surface area contributed by atoms with Gasteiger partial charge >= 0.3 is 6.03 Å². The molecule has 2 rings (SSSR count). The fourth-order valence-electron chi connectivity index (χ4n) is 1.77. The first-order chi connectivity index (χ1) is 10.1. The number of Topliss-reactive ketones (excluding diaryl/α,β-unsaturated/α-hetero) is 1. The molecule has 0 saturated heterocycles. The Kier molecular flexibility index (Phi) is 4.46. The van der Waals surface area contributed by atoms with Crippen LogP contribution in [-0.2, 0) is 0 Å². The zero-order valence-corrected chi connectivity index (χ0v) is 11.4. The molecule has 21 heavy (non-hydrogen) atoms. The highest BCUT2D eigenvalue weighted by molar-refractivity contribution is 6.00. The van der Waals surface area contributed by atoms with Crippen molar-refractivity contribution < 1.29 is 14.4 Å². The molecule has 0 saturated carbocycles. The fourth-order valence-corrected chi connectivity index (χ4v) is 1.77. The molecule has 0 aliphatic heterocycles. The van der Waals surface area contributed by atoms with E-state index in [1.165, 1.54) is 6.92 Å². The summed E-state index contributed by atoms with van der Waals surface area (Å²) < 4.78 is 0. The largest absolute Gasteiger partial charge is 0.323 e. The molecule has 2 N–H and O–H groups in total. The number of carbonyl (C=O) groups is 3. The van der Waals surface area contributed by atoms with E-state index in [2.05, 4.69) is 10.6 Å². The van der Waals surface area contributed by atoms with Crippen molar-refractivity contribution in [3.05, 3.63) is 59.7 Å². The van der Waals surface area contributed by atoms with Gasteiger partial charge in [0.25, 0.3) is 0 Å². The number of ketones is 1. The summed E-state index contributed by atoms with van der Waals surface area (Å²) >= 11 is 0. The molecule has 2 aromatic rings. The summed E-state index contributed by atoms with van der Waals surface area (Å²) in [6, 6.07) is 12.8. The molecule has 0 spiro atoms. The number of amides is 2. The van der Waals surface area contributed by atoms with Crippen LogP contribution in [0.1, 0.15) is 27.6 Å². The summed E-state index contributed by atoms with van der Waals surface area (Å²) in [5.41, 5.74) is 2.17. The molecule has 0 heterocycles. The lowest BCUT2D eigenvalue weighted by Crippen LogP contribution is -2.19. The Morgan fingerprint density at radius 3 is 2.24 bits per heavy atom. The maximum atomic E-state index is 11.8. The van der Waals surface area contributed by atoms with Crippen LogP contribution in [0.3, 0.4) is 0 Å². The van der Waals surface area contributed by atoms with Gasteiger partial charge in [0.1, 0.15) is 6.29 Å². The Morgan fingerprint density at radius 2 is 1.62 bits per heavy atom. The van der Waals surface area contributed by atoms with Crippen molar-refractivity contribution in [1.29, 1.82) is 0 Å². The number of hydrogen-bond donors (Lipinski definition) is 2. The van der Waals surface area contributed by atoms with Crippen molar-refractivity contribution in [3.63, 3.8) is 0 Å². The van der Waals surface area contributed by atoms with Gasteiger partial charge in [-0.25, -0.2) is 4.79 Å². The van der Waals surface area contributed by atoms with E-state index >= 15 is 0 Å². The van der Waals surface area contributed by atoms with E-state index < -0.39 is 6.03 Å². The highest BCUT2D eigenvalue weighted by Gasteiger charge is 2.04. The van der Waals surface area contributed by atoms with Crippen LogP contribution < -0.4 is 10.6 Å². The van der Waals surface area contributed by atoms with Gasteiger partial charge in [0.15, 0.2) is 5.78 Å². The van der Waals surface area contributed by atoms with E-state index in [-0.39, 0.29) is 5.78 Å². The molecule has 2 amide bonds. The quantitative estimate of drug-likeness (QED) is 0.667. The molecule has 0 radical (unpaired) electrons. The Morgan fingerprint density at radius 1 is 0.952 bits per heavy atom. The van der Waals surface area contributed by atoms with E-state index in [4.69, 9.17) is 0 Å². The summed E-state index contributed by atoms with van der Waals surface area (Å²) in [6.45, 7) is 1.48. The number of urea groups is 1. The predicted molar refractivity (Wildman–Crippen MR) is 80.9 cm³/mol. The standard InChI is InChI=1S/C16H14N2O3/c1-11(20)13-5-7-14(8-6-13)17-16(21)18-15-4-2-3-12(9-15)10-19/h2-10H,1H3,(H2,17,18,21). The van der Waals surface area contributed by atoms with Crippen LogP contribution >= 0.6 is 0 Å². The second-order valence-corrected chi connectivity index (χ2v) is 4.46. The lowest BCUT2D eigenvalue weighted by Gasteiger charge is -2.08. The van der Waals surface area contributed by atoms with Crippen LogP contribution in [0.25, 0.3) is 0 Å². The summed E-state index contributed by atoms with van der Waals surface area (Å²) in [7, 11) is 0. The van der Waals surface area contributed by atoms with Crippen LogP contribution in [0, 0.1) is 0 Å². The predicted octanol–water partition coefficient (Wildman–Crippen LogP) is 3.35. The van der Waals surface area contributed by atoms with Crippen LogP contribution in [0.2, 0.25) is 0 Å². The SMILES string of the molecule is CC(=O)c1ccc(NC(=O)Nc2cccc(C=O)c2)cc1. The maximum absolute atomic E-state index is 11.8. The minimum Gasteiger partial charge on any atom is -0.308 e. The number of anilines is 2. The minimum atomic E-state index is -0.423. The molecule has 0 aliphatic carbocycles. The lowest BCUT2D eigenvalue weighted by molar-refractivity contribution is 0.101. The van der Waals surface area contributed by atoms with E-state index in [1.807, 2.05) is 0 Å². The van der Waals surface area contributed by atoms with Crippen molar-refractivity contribution in [3.8, 4) is 0 Å².